The molecule has 0 saturated carbocycles. The lowest BCUT2D eigenvalue weighted by molar-refractivity contribution is 0.175. The maximum Gasteiger partial charge on any atom is 0.120 e. The van der Waals surface area contributed by atoms with Gasteiger partial charge < -0.3 is 5.11 Å². The van der Waals surface area contributed by atoms with Crippen molar-refractivity contribution in [3.05, 3.63) is 29.3 Å². The van der Waals surface area contributed by atoms with Crippen LogP contribution in [0.3, 0.4) is 0 Å². The van der Waals surface area contributed by atoms with Gasteiger partial charge in [-0.2, -0.15) is 0 Å². The highest BCUT2D eigenvalue weighted by Crippen LogP contribution is 2.39. The molecular weight excluding hydrogens is 302 g/mol. The maximum absolute atomic E-state index is 10.2. The van der Waals surface area contributed by atoms with Gasteiger partial charge in [0.25, 0.3) is 0 Å². The lowest BCUT2D eigenvalue weighted by Gasteiger charge is -2.36. The van der Waals surface area contributed by atoms with Crippen LogP contribution in [0, 0.1) is 0 Å². The number of aryl methyl sites for hydroxylation is 1. The van der Waals surface area contributed by atoms with Crippen molar-refractivity contribution in [1.82, 2.24) is 4.90 Å². The molecule has 0 aliphatic heterocycles. The van der Waals surface area contributed by atoms with E-state index in [0.717, 1.165) is 19.5 Å². The van der Waals surface area contributed by atoms with E-state index in [1.54, 1.807) is 0 Å². The highest BCUT2D eigenvalue weighted by Gasteiger charge is 2.27. The van der Waals surface area contributed by atoms with Crippen molar-refractivity contribution < 1.29 is 5.11 Å². The molecule has 1 aromatic rings. The van der Waals surface area contributed by atoms with Gasteiger partial charge in [-0.3, -0.25) is 4.90 Å². The van der Waals surface area contributed by atoms with Crippen molar-refractivity contribution in [1.29, 1.82) is 0 Å². The zero-order chi connectivity index (χ0) is 13.0. The van der Waals surface area contributed by atoms with E-state index < -0.39 is 0 Å². The zero-order valence-electron chi connectivity index (χ0n) is 12.1. The molecule has 0 aromatic heterocycles. The molecule has 1 N–H and O–H groups in total. The molecule has 1 aliphatic carbocycles. The predicted octanol–water partition coefficient (Wildman–Crippen LogP) is 4.47. The van der Waals surface area contributed by atoms with Crippen LogP contribution in [0.1, 0.15) is 56.7 Å². The topological polar surface area (TPSA) is 23.5 Å². The quantitative estimate of drug-likeness (QED) is 0.862. The zero-order valence-corrected chi connectivity index (χ0v) is 13.8. The summed E-state index contributed by atoms with van der Waals surface area (Å²) in [6, 6.07) is 6.42. The van der Waals surface area contributed by atoms with Crippen LogP contribution in [0.15, 0.2) is 18.2 Å². The SMILES string of the molecule is Br.CCCN(CCC)C1CCCc2cccc(O)c21. The van der Waals surface area contributed by atoms with E-state index in [4.69, 9.17) is 0 Å². The third-order valence-electron chi connectivity index (χ3n) is 3.89. The average Bonchev–Trinajstić information content (AvgIpc) is 2.38. The smallest absolute Gasteiger partial charge is 0.120 e. The van der Waals surface area contributed by atoms with Crippen LogP contribution in [0.2, 0.25) is 0 Å². The van der Waals surface area contributed by atoms with Gasteiger partial charge in [-0.25, -0.2) is 0 Å². The van der Waals surface area contributed by atoms with Crippen LogP contribution >= 0.6 is 17.0 Å². The van der Waals surface area contributed by atoms with Gasteiger partial charge in [-0.15, -0.1) is 17.0 Å². The molecule has 2 nitrogen and oxygen atoms in total. The summed E-state index contributed by atoms with van der Waals surface area (Å²) >= 11 is 0. The van der Waals surface area contributed by atoms with Crippen molar-refractivity contribution in [2.45, 2.75) is 52.0 Å². The van der Waals surface area contributed by atoms with E-state index >= 15 is 0 Å². The Kier molecular flexibility index (Phi) is 6.87. The summed E-state index contributed by atoms with van der Waals surface area (Å²) in [6.07, 6.45) is 5.90. The number of phenols is 1. The number of hydrogen-bond acceptors (Lipinski definition) is 2. The third kappa shape index (κ3) is 3.73. The van der Waals surface area contributed by atoms with Crippen LogP contribution in [0.4, 0.5) is 0 Å². The second-order valence-corrected chi connectivity index (χ2v) is 5.29. The molecule has 0 saturated heterocycles. The lowest BCUT2D eigenvalue weighted by atomic mass is 9.86. The number of hydrogen-bond donors (Lipinski definition) is 1. The number of fused-ring (bicyclic) bond motifs is 1. The summed E-state index contributed by atoms with van der Waals surface area (Å²) in [7, 11) is 0. The third-order valence-corrected chi connectivity index (χ3v) is 3.89. The Balaban J connectivity index is 0.00000180. The van der Waals surface area contributed by atoms with Crippen LogP contribution in [-0.2, 0) is 6.42 Å². The van der Waals surface area contributed by atoms with Crippen molar-refractivity contribution in [2.75, 3.05) is 13.1 Å². The molecular formula is C16H26BrNO. The molecule has 19 heavy (non-hydrogen) atoms. The Morgan fingerprint density at radius 2 is 1.89 bits per heavy atom. The molecule has 108 valence electrons. The summed E-state index contributed by atoms with van der Waals surface area (Å²) in [6.45, 7) is 6.73. The average molecular weight is 328 g/mol. The Bertz CT molecular complexity index is 388. The van der Waals surface area contributed by atoms with Crippen molar-refractivity contribution in [2.24, 2.45) is 0 Å². The highest BCUT2D eigenvalue weighted by molar-refractivity contribution is 8.93. The first-order valence-electron chi connectivity index (χ1n) is 7.32. The Morgan fingerprint density at radius 3 is 2.53 bits per heavy atom. The summed E-state index contributed by atoms with van der Waals surface area (Å²) in [5, 5.41) is 10.2. The monoisotopic (exact) mass is 327 g/mol. The number of benzene rings is 1. The summed E-state index contributed by atoms with van der Waals surface area (Å²) < 4.78 is 0. The minimum Gasteiger partial charge on any atom is -0.508 e. The van der Waals surface area contributed by atoms with Gasteiger partial charge in [0.1, 0.15) is 5.75 Å². The van der Waals surface area contributed by atoms with E-state index in [1.807, 2.05) is 12.1 Å². The van der Waals surface area contributed by atoms with Gasteiger partial charge in [0.2, 0.25) is 0 Å². The fourth-order valence-corrected chi connectivity index (χ4v) is 3.20. The van der Waals surface area contributed by atoms with Crippen LogP contribution in [0.5, 0.6) is 5.75 Å². The summed E-state index contributed by atoms with van der Waals surface area (Å²) in [5.74, 6) is 0.495. The summed E-state index contributed by atoms with van der Waals surface area (Å²) in [4.78, 5) is 2.55. The van der Waals surface area contributed by atoms with Gasteiger partial charge >= 0.3 is 0 Å². The number of rotatable bonds is 5. The lowest BCUT2D eigenvalue weighted by Crippen LogP contribution is -2.32. The van der Waals surface area contributed by atoms with E-state index in [1.165, 1.54) is 36.8 Å². The van der Waals surface area contributed by atoms with Crippen LogP contribution < -0.4 is 0 Å². The van der Waals surface area contributed by atoms with E-state index in [9.17, 15) is 5.11 Å². The maximum atomic E-state index is 10.2. The molecule has 1 aliphatic rings. The van der Waals surface area contributed by atoms with Gasteiger partial charge in [0, 0.05) is 11.6 Å². The number of phenolic OH excluding ortho intramolecular Hbond substituents is 1. The fraction of sp³-hybridized carbons (Fsp3) is 0.625. The molecule has 0 bridgehead atoms. The normalized spacial score (nSPS) is 17.9. The van der Waals surface area contributed by atoms with E-state index in [2.05, 4.69) is 24.8 Å². The van der Waals surface area contributed by atoms with Crippen molar-refractivity contribution >= 4 is 17.0 Å². The van der Waals surface area contributed by atoms with Gasteiger partial charge in [-0.1, -0.05) is 26.0 Å². The second kappa shape index (κ2) is 7.91. The molecule has 0 amide bonds. The van der Waals surface area contributed by atoms with Gasteiger partial charge in [-0.05, 0) is 56.8 Å². The molecule has 0 radical (unpaired) electrons. The Morgan fingerprint density at radius 1 is 1.21 bits per heavy atom. The van der Waals surface area contributed by atoms with Gasteiger partial charge in [0.15, 0.2) is 0 Å². The number of halogens is 1. The molecule has 0 heterocycles. The van der Waals surface area contributed by atoms with Crippen LogP contribution in [-0.4, -0.2) is 23.1 Å². The van der Waals surface area contributed by atoms with Crippen molar-refractivity contribution in [3.8, 4) is 5.75 Å². The molecule has 2 rings (SSSR count). The largest absolute Gasteiger partial charge is 0.508 e. The first kappa shape index (κ1) is 16.5. The second-order valence-electron chi connectivity index (χ2n) is 5.29. The standard InChI is InChI=1S/C16H25NO.BrH/c1-3-11-17(12-4-2)14-9-5-7-13-8-6-10-15(18)16(13)14;/h6,8,10,14,18H,3-5,7,9,11-12H2,1-2H3;1H. The minimum absolute atomic E-state index is 0. The fourth-order valence-electron chi connectivity index (χ4n) is 3.20. The molecule has 1 unspecified atom stereocenters. The Labute approximate surface area is 127 Å². The Hall–Kier alpha value is -0.540. The molecule has 0 spiro atoms. The van der Waals surface area contributed by atoms with Crippen molar-refractivity contribution in [3.63, 3.8) is 0 Å². The van der Waals surface area contributed by atoms with E-state index in [-0.39, 0.29) is 17.0 Å². The number of aromatic hydroxyl groups is 1. The first-order valence-corrected chi connectivity index (χ1v) is 7.32. The molecule has 1 aromatic carbocycles. The summed E-state index contributed by atoms with van der Waals surface area (Å²) in [5.41, 5.74) is 2.55. The minimum atomic E-state index is 0. The highest BCUT2D eigenvalue weighted by atomic mass is 79.9. The molecule has 1 atom stereocenters. The predicted molar refractivity (Wildman–Crippen MR) is 86.3 cm³/mol. The number of nitrogens with zero attached hydrogens (tertiary/aromatic N) is 1. The molecule has 0 fully saturated rings. The van der Waals surface area contributed by atoms with E-state index in [0.29, 0.717) is 11.8 Å². The molecule has 3 heteroatoms. The first-order chi connectivity index (χ1) is 8.77. The van der Waals surface area contributed by atoms with Crippen LogP contribution in [0.25, 0.3) is 0 Å². The van der Waals surface area contributed by atoms with Gasteiger partial charge in [0.05, 0.1) is 0 Å².